The Labute approximate surface area is 139 Å². The van der Waals surface area contributed by atoms with Crippen LogP contribution in [0.15, 0.2) is 59.4 Å². The minimum Gasteiger partial charge on any atom is -0.388 e. The van der Waals surface area contributed by atoms with Crippen LogP contribution in [-0.2, 0) is 6.54 Å². The minimum absolute atomic E-state index is 0.119. The fourth-order valence-electron chi connectivity index (χ4n) is 2.35. The Bertz CT molecular complexity index is 743. The van der Waals surface area contributed by atoms with Gasteiger partial charge in [-0.1, -0.05) is 35.5 Å². The minimum atomic E-state index is -0.758. The highest BCUT2D eigenvalue weighted by Gasteiger charge is 2.07. The summed E-state index contributed by atoms with van der Waals surface area (Å²) in [5.41, 5.74) is 3.57. The van der Waals surface area contributed by atoms with E-state index in [-0.39, 0.29) is 6.42 Å². The summed E-state index contributed by atoms with van der Waals surface area (Å²) in [5, 5.41) is 16.5. The summed E-state index contributed by atoms with van der Waals surface area (Å²) in [6, 6.07) is 13.1. The number of aliphatic hydroxyl groups is 1. The first-order valence-electron chi connectivity index (χ1n) is 7.70. The average Bonchev–Trinajstić information content (AvgIpc) is 3.14. The van der Waals surface area contributed by atoms with E-state index in [0.29, 0.717) is 12.4 Å². The molecule has 124 valence electrons. The van der Waals surface area contributed by atoms with Gasteiger partial charge in [0, 0.05) is 24.2 Å². The number of aromatic nitrogens is 2. The summed E-state index contributed by atoms with van der Waals surface area (Å²) in [4.78, 5) is 4.42. The smallest absolute Gasteiger partial charge is 0.224 e. The molecule has 3 rings (SSSR count). The highest BCUT2D eigenvalue weighted by atomic mass is 19.1. The van der Waals surface area contributed by atoms with Gasteiger partial charge >= 0.3 is 0 Å². The van der Waals surface area contributed by atoms with E-state index in [9.17, 15) is 9.50 Å². The summed E-state index contributed by atoms with van der Waals surface area (Å²) >= 11 is 0. The molecule has 0 aliphatic carbocycles. The molecule has 0 radical (unpaired) electrons. The molecule has 0 unspecified atom stereocenters. The summed E-state index contributed by atoms with van der Waals surface area (Å²) in [6.07, 6.45) is 2.73. The van der Waals surface area contributed by atoms with Gasteiger partial charge in [-0.15, -0.1) is 0 Å². The molecular weight excluding hydrogens is 309 g/mol. The molecule has 1 atom stereocenters. The lowest BCUT2D eigenvalue weighted by atomic mass is 10.0. The number of hydrogen-bond acceptors (Lipinski definition) is 5. The van der Waals surface area contributed by atoms with Crippen LogP contribution in [0, 0.1) is 0 Å². The van der Waals surface area contributed by atoms with Crippen molar-refractivity contribution in [1.29, 1.82) is 0 Å². The van der Waals surface area contributed by atoms with Gasteiger partial charge in [0.15, 0.2) is 0 Å². The lowest BCUT2D eigenvalue weighted by Gasteiger charge is -2.10. The lowest BCUT2D eigenvalue weighted by Crippen LogP contribution is -2.00. The van der Waals surface area contributed by atoms with Gasteiger partial charge in [-0.2, -0.15) is 0 Å². The number of nitrogens with one attached hydrogen (secondary N) is 1. The molecule has 0 fully saturated rings. The van der Waals surface area contributed by atoms with Crippen molar-refractivity contribution in [3.05, 3.63) is 66.1 Å². The summed E-state index contributed by atoms with van der Waals surface area (Å²) < 4.78 is 17.2. The average molecular weight is 327 g/mol. The first-order chi connectivity index (χ1) is 11.8. The number of hydrogen-bond donors (Lipinski definition) is 2. The molecule has 2 N–H and O–H groups in total. The van der Waals surface area contributed by atoms with E-state index in [1.807, 2.05) is 36.4 Å². The van der Waals surface area contributed by atoms with Crippen molar-refractivity contribution in [2.24, 2.45) is 0 Å². The topological polar surface area (TPSA) is 71.2 Å². The summed E-state index contributed by atoms with van der Waals surface area (Å²) in [7, 11) is 0. The molecule has 2 aromatic heterocycles. The van der Waals surface area contributed by atoms with E-state index in [0.717, 1.165) is 22.4 Å². The fourth-order valence-corrected chi connectivity index (χ4v) is 2.35. The molecule has 6 heteroatoms. The Kier molecular flexibility index (Phi) is 5.18. The first-order valence-corrected chi connectivity index (χ1v) is 7.70. The van der Waals surface area contributed by atoms with E-state index in [2.05, 4.69) is 15.5 Å². The molecule has 0 aliphatic heterocycles. The number of alkyl halides is 1. The Hall–Kier alpha value is -2.73. The second-order valence-electron chi connectivity index (χ2n) is 5.38. The van der Waals surface area contributed by atoms with Crippen LogP contribution in [0.25, 0.3) is 11.1 Å². The summed E-state index contributed by atoms with van der Waals surface area (Å²) in [5.74, 6) is 0.600. The van der Waals surface area contributed by atoms with Crippen molar-refractivity contribution < 1.29 is 14.0 Å². The van der Waals surface area contributed by atoms with Crippen molar-refractivity contribution >= 4 is 5.88 Å². The van der Waals surface area contributed by atoms with Gasteiger partial charge in [0.05, 0.1) is 31.2 Å². The maximum Gasteiger partial charge on any atom is 0.224 e. The van der Waals surface area contributed by atoms with Crippen molar-refractivity contribution in [2.45, 2.75) is 19.1 Å². The Balaban J connectivity index is 1.64. The monoisotopic (exact) mass is 327 g/mol. The van der Waals surface area contributed by atoms with Gasteiger partial charge in [-0.3, -0.25) is 9.37 Å². The van der Waals surface area contributed by atoms with Crippen LogP contribution in [0.2, 0.25) is 0 Å². The SMILES string of the molecule is O[C@@H](CCF)c1ccc(-c2ccc(CNc3ccno3)nc2)cc1. The first kappa shape index (κ1) is 16.1. The molecule has 0 aliphatic rings. The number of pyridine rings is 1. The van der Waals surface area contributed by atoms with Crippen LogP contribution in [0.1, 0.15) is 23.8 Å². The van der Waals surface area contributed by atoms with Crippen molar-refractivity contribution in [3.8, 4) is 11.1 Å². The zero-order valence-electron chi connectivity index (χ0n) is 13.0. The summed E-state index contributed by atoms with van der Waals surface area (Å²) in [6.45, 7) is 0.0141. The molecule has 0 spiro atoms. The van der Waals surface area contributed by atoms with Crippen molar-refractivity contribution in [1.82, 2.24) is 10.1 Å². The number of nitrogens with zero attached hydrogens (tertiary/aromatic N) is 2. The van der Waals surface area contributed by atoms with Crippen LogP contribution in [0.5, 0.6) is 0 Å². The van der Waals surface area contributed by atoms with Crippen LogP contribution in [-0.4, -0.2) is 21.9 Å². The van der Waals surface area contributed by atoms with E-state index in [4.69, 9.17) is 4.52 Å². The standard InChI is InChI=1S/C18H18FN3O2/c19-9-7-17(23)14-3-1-13(2-4-14)15-5-6-16(20-11-15)12-21-18-8-10-22-24-18/h1-6,8,10-11,17,21,23H,7,9,12H2/t17-/m0/s1. The quantitative estimate of drug-likeness (QED) is 0.692. The normalized spacial score (nSPS) is 12.1. The van der Waals surface area contributed by atoms with Gasteiger partial charge in [-0.25, -0.2) is 0 Å². The number of anilines is 1. The maximum atomic E-state index is 12.3. The molecular formula is C18H18FN3O2. The number of rotatable bonds is 7. The second-order valence-corrected chi connectivity index (χ2v) is 5.38. The Morgan fingerprint density at radius 2 is 1.88 bits per heavy atom. The lowest BCUT2D eigenvalue weighted by molar-refractivity contribution is 0.156. The van der Waals surface area contributed by atoms with Crippen LogP contribution >= 0.6 is 0 Å². The molecule has 24 heavy (non-hydrogen) atoms. The van der Waals surface area contributed by atoms with Crippen molar-refractivity contribution in [3.63, 3.8) is 0 Å². The number of halogens is 1. The third kappa shape index (κ3) is 3.97. The van der Waals surface area contributed by atoms with Gasteiger partial charge in [-0.05, 0) is 17.2 Å². The molecule has 0 bridgehead atoms. The molecule has 5 nitrogen and oxygen atoms in total. The van der Waals surface area contributed by atoms with E-state index in [1.54, 1.807) is 18.5 Å². The zero-order chi connectivity index (χ0) is 16.8. The predicted octanol–water partition coefficient (Wildman–Crippen LogP) is 3.74. The van der Waals surface area contributed by atoms with Crippen LogP contribution < -0.4 is 5.32 Å². The largest absolute Gasteiger partial charge is 0.388 e. The highest BCUT2D eigenvalue weighted by Crippen LogP contribution is 2.23. The Morgan fingerprint density at radius 1 is 1.08 bits per heavy atom. The number of aliphatic hydroxyl groups excluding tert-OH is 1. The second kappa shape index (κ2) is 7.70. The Morgan fingerprint density at radius 3 is 2.50 bits per heavy atom. The third-order valence-electron chi connectivity index (χ3n) is 3.72. The third-order valence-corrected chi connectivity index (χ3v) is 3.72. The molecule has 1 aromatic carbocycles. The van der Waals surface area contributed by atoms with Gasteiger partial charge in [0.25, 0.3) is 0 Å². The fraction of sp³-hybridized carbons (Fsp3) is 0.222. The van der Waals surface area contributed by atoms with Gasteiger partial charge in [0.1, 0.15) is 0 Å². The molecule has 3 aromatic rings. The molecule has 0 amide bonds. The van der Waals surface area contributed by atoms with E-state index in [1.165, 1.54) is 0 Å². The number of benzene rings is 1. The molecule has 0 saturated carbocycles. The predicted molar refractivity (Wildman–Crippen MR) is 89.1 cm³/mol. The van der Waals surface area contributed by atoms with E-state index < -0.39 is 12.8 Å². The van der Waals surface area contributed by atoms with Crippen LogP contribution in [0.4, 0.5) is 10.3 Å². The van der Waals surface area contributed by atoms with E-state index >= 15 is 0 Å². The maximum absolute atomic E-state index is 12.3. The molecule has 2 heterocycles. The van der Waals surface area contributed by atoms with Gasteiger partial charge in [0.2, 0.25) is 5.88 Å². The zero-order valence-corrected chi connectivity index (χ0v) is 13.0. The van der Waals surface area contributed by atoms with Crippen molar-refractivity contribution in [2.75, 3.05) is 12.0 Å². The van der Waals surface area contributed by atoms with Crippen LogP contribution in [0.3, 0.4) is 0 Å². The highest BCUT2D eigenvalue weighted by molar-refractivity contribution is 5.62. The van der Waals surface area contributed by atoms with Gasteiger partial charge < -0.3 is 14.9 Å². The molecule has 0 saturated heterocycles.